The number of pyridine rings is 1. The quantitative estimate of drug-likeness (QED) is 0.265. The molecule has 1 fully saturated rings. The van der Waals surface area contributed by atoms with Crippen LogP contribution in [0.2, 0.25) is 5.02 Å². The van der Waals surface area contributed by atoms with Gasteiger partial charge in [-0.1, -0.05) is 60.1 Å². The predicted molar refractivity (Wildman–Crippen MR) is 139 cm³/mol. The van der Waals surface area contributed by atoms with Gasteiger partial charge in [0.05, 0.1) is 41.2 Å². The number of imidazole rings is 1. The summed E-state index contributed by atoms with van der Waals surface area (Å²) in [5, 5.41) is 26.8. The molecule has 0 amide bonds. The number of rotatable bonds is 6. The Labute approximate surface area is 217 Å². The van der Waals surface area contributed by atoms with Crippen LogP contribution in [0.25, 0.3) is 44.8 Å². The Kier molecular flexibility index (Phi) is 6.35. The zero-order valence-corrected chi connectivity index (χ0v) is 20.4. The average Bonchev–Trinajstić information content (AvgIpc) is 3.59. The fourth-order valence-corrected chi connectivity index (χ4v) is 4.74. The van der Waals surface area contributed by atoms with Gasteiger partial charge in [0, 0.05) is 18.2 Å². The first-order chi connectivity index (χ1) is 18.1. The lowest BCUT2D eigenvalue weighted by molar-refractivity contribution is -0.131. The number of H-pyrrole nitrogens is 2. The molecule has 1 saturated heterocycles. The van der Waals surface area contributed by atoms with Crippen LogP contribution in [-0.4, -0.2) is 66.9 Å². The second kappa shape index (κ2) is 9.95. The fourth-order valence-electron chi connectivity index (χ4n) is 4.48. The topological polar surface area (TPSA) is 129 Å². The highest BCUT2D eigenvalue weighted by Crippen LogP contribution is 2.32. The molecule has 6 rings (SSSR count). The number of aromatic amines is 2. The summed E-state index contributed by atoms with van der Waals surface area (Å²) in [7, 11) is 0. The number of fused-ring (bicyclic) bond motifs is 1. The van der Waals surface area contributed by atoms with Gasteiger partial charge in [-0.15, -0.1) is 0 Å². The summed E-state index contributed by atoms with van der Waals surface area (Å²) in [6.45, 7) is 0.0139. The normalized spacial score (nSPS) is 19.8. The minimum absolute atomic E-state index is 0.233. The minimum Gasteiger partial charge on any atom is -0.459 e. The Morgan fingerprint density at radius 3 is 2.32 bits per heavy atom. The number of benzene rings is 2. The van der Waals surface area contributed by atoms with E-state index in [2.05, 4.69) is 49.4 Å². The van der Waals surface area contributed by atoms with E-state index in [4.69, 9.17) is 21.1 Å². The molecule has 9 nitrogen and oxygen atoms in total. The van der Waals surface area contributed by atoms with Crippen molar-refractivity contribution in [3.05, 3.63) is 71.9 Å². The summed E-state index contributed by atoms with van der Waals surface area (Å²) in [6, 6.07) is 20.3. The summed E-state index contributed by atoms with van der Waals surface area (Å²) in [4.78, 5) is 12.2. The third-order valence-corrected chi connectivity index (χ3v) is 6.77. The van der Waals surface area contributed by atoms with Crippen molar-refractivity contribution in [3.8, 4) is 39.7 Å². The SMILES string of the molecule is OCC1OCC(Oc2nc3nc(-c4ccc(-c5ccc(-c6ccn[nH]6)cc5)cc4)c(Cl)cc3[nH]2)CC1O. The number of halogens is 1. The van der Waals surface area contributed by atoms with E-state index in [1.54, 1.807) is 12.3 Å². The molecule has 4 N–H and O–H groups in total. The molecule has 10 heteroatoms. The van der Waals surface area contributed by atoms with Crippen LogP contribution in [0.5, 0.6) is 6.01 Å². The second-order valence-corrected chi connectivity index (χ2v) is 9.36. The second-order valence-electron chi connectivity index (χ2n) is 8.95. The highest BCUT2D eigenvalue weighted by Gasteiger charge is 2.31. The number of nitrogens with zero attached hydrogens (tertiary/aromatic N) is 3. The van der Waals surface area contributed by atoms with Crippen LogP contribution in [0.15, 0.2) is 66.9 Å². The highest BCUT2D eigenvalue weighted by molar-refractivity contribution is 6.33. The molecular weight excluding hydrogens is 494 g/mol. The van der Waals surface area contributed by atoms with E-state index in [0.717, 1.165) is 27.9 Å². The minimum atomic E-state index is -0.801. The molecule has 0 spiro atoms. The van der Waals surface area contributed by atoms with Crippen molar-refractivity contribution in [1.82, 2.24) is 25.1 Å². The van der Waals surface area contributed by atoms with Crippen LogP contribution < -0.4 is 4.74 Å². The van der Waals surface area contributed by atoms with Gasteiger partial charge in [-0.3, -0.25) is 5.10 Å². The molecule has 3 unspecified atom stereocenters. The number of hydrogen-bond donors (Lipinski definition) is 4. The molecule has 4 heterocycles. The smallest absolute Gasteiger partial charge is 0.296 e. The Morgan fingerprint density at radius 1 is 0.973 bits per heavy atom. The van der Waals surface area contributed by atoms with E-state index in [1.807, 2.05) is 30.3 Å². The maximum Gasteiger partial charge on any atom is 0.296 e. The van der Waals surface area contributed by atoms with Crippen molar-refractivity contribution in [3.63, 3.8) is 0 Å². The highest BCUT2D eigenvalue weighted by atomic mass is 35.5. The Hall–Kier alpha value is -3.76. The summed E-state index contributed by atoms with van der Waals surface area (Å²) in [5.41, 5.74) is 6.83. The molecule has 0 saturated carbocycles. The van der Waals surface area contributed by atoms with Crippen molar-refractivity contribution >= 4 is 22.8 Å². The van der Waals surface area contributed by atoms with Gasteiger partial charge in [-0.25, -0.2) is 4.98 Å². The van der Waals surface area contributed by atoms with Crippen molar-refractivity contribution in [1.29, 1.82) is 0 Å². The van der Waals surface area contributed by atoms with Crippen LogP contribution in [0.1, 0.15) is 6.42 Å². The molecule has 37 heavy (non-hydrogen) atoms. The van der Waals surface area contributed by atoms with Gasteiger partial charge in [0.1, 0.15) is 12.2 Å². The van der Waals surface area contributed by atoms with Crippen LogP contribution in [-0.2, 0) is 4.74 Å². The summed E-state index contributed by atoms with van der Waals surface area (Å²) < 4.78 is 11.3. The summed E-state index contributed by atoms with van der Waals surface area (Å²) in [6.07, 6.45) is 0.283. The molecule has 188 valence electrons. The number of hydrogen-bond acceptors (Lipinski definition) is 7. The molecule has 1 aliphatic heterocycles. The van der Waals surface area contributed by atoms with Crippen LogP contribution in [0.3, 0.4) is 0 Å². The fraction of sp³-hybridized carbons (Fsp3) is 0.222. The molecule has 5 aromatic rings. The zero-order chi connectivity index (χ0) is 25.4. The van der Waals surface area contributed by atoms with Gasteiger partial charge in [0.2, 0.25) is 0 Å². The Morgan fingerprint density at radius 2 is 1.68 bits per heavy atom. The average molecular weight is 518 g/mol. The van der Waals surface area contributed by atoms with Gasteiger partial charge >= 0.3 is 0 Å². The number of aromatic nitrogens is 5. The van der Waals surface area contributed by atoms with Crippen LogP contribution in [0.4, 0.5) is 0 Å². The maximum atomic E-state index is 10.1. The van der Waals surface area contributed by atoms with Crippen molar-refractivity contribution in [2.24, 2.45) is 0 Å². The summed E-state index contributed by atoms with van der Waals surface area (Å²) >= 11 is 6.58. The van der Waals surface area contributed by atoms with E-state index in [-0.39, 0.29) is 19.2 Å². The van der Waals surface area contributed by atoms with Crippen LogP contribution in [0, 0.1) is 0 Å². The van der Waals surface area contributed by atoms with Gasteiger partial charge < -0.3 is 24.7 Å². The monoisotopic (exact) mass is 517 g/mol. The number of nitrogens with one attached hydrogen (secondary N) is 2. The Balaban J connectivity index is 1.20. The predicted octanol–water partition coefficient (Wildman–Crippen LogP) is 4.22. The lowest BCUT2D eigenvalue weighted by atomic mass is 10.0. The standard InChI is InChI=1S/C27H24ClN5O4/c28-20-12-22-26(32-27(30-22)37-19-11-23(35)24(13-34)36-14-19)31-25(20)18-7-3-16(4-8-18)15-1-5-17(6-2-15)21-9-10-29-33-21/h1-10,12,19,23-24,34-35H,11,13-14H2,(H,29,33)(H,30,31,32). The van der Waals surface area contributed by atoms with Gasteiger partial charge in [-0.05, 0) is 28.8 Å². The lowest BCUT2D eigenvalue weighted by Gasteiger charge is -2.31. The largest absolute Gasteiger partial charge is 0.459 e. The Bertz CT molecular complexity index is 1500. The van der Waals surface area contributed by atoms with Crippen molar-refractivity contribution in [2.75, 3.05) is 13.2 Å². The number of aliphatic hydroxyl groups excluding tert-OH is 2. The molecule has 2 aromatic carbocycles. The van der Waals surface area contributed by atoms with Gasteiger partial charge in [-0.2, -0.15) is 10.1 Å². The third-order valence-electron chi connectivity index (χ3n) is 6.48. The van der Waals surface area contributed by atoms with E-state index in [1.165, 1.54) is 0 Å². The molecule has 3 aromatic heterocycles. The van der Waals surface area contributed by atoms with E-state index >= 15 is 0 Å². The molecule has 3 atom stereocenters. The molecule has 0 aliphatic carbocycles. The van der Waals surface area contributed by atoms with E-state index < -0.39 is 18.3 Å². The lowest BCUT2D eigenvalue weighted by Crippen LogP contribution is -2.45. The molecule has 0 radical (unpaired) electrons. The van der Waals surface area contributed by atoms with E-state index in [9.17, 15) is 10.2 Å². The zero-order valence-electron chi connectivity index (χ0n) is 19.6. The van der Waals surface area contributed by atoms with E-state index in [0.29, 0.717) is 28.3 Å². The van der Waals surface area contributed by atoms with Crippen molar-refractivity contribution in [2.45, 2.75) is 24.7 Å². The number of aliphatic hydroxyl groups is 2. The van der Waals surface area contributed by atoms with Gasteiger partial charge in [0.15, 0.2) is 5.65 Å². The summed E-state index contributed by atoms with van der Waals surface area (Å²) in [5.74, 6) is 0. The molecular formula is C27H24ClN5O4. The molecule has 0 bridgehead atoms. The van der Waals surface area contributed by atoms with Gasteiger partial charge in [0.25, 0.3) is 6.01 Å². The maximum absolute atomic E-state index is 10.1. The van der Waals surface area contributed by atoms with Crippen molar-refractivity contribution < 1.29 is 19.7 Å². The van der Waals surface area contributed by atoms with Crippen LogP contribution >= 0.6 is 11.6 Å². The number of ether oxygens (including phenoxy) is 2. The first-order valence-electron chi connectivity index (χ1n) is 11.9. The first kappa shape index (κ1) is 23.6. The third kappa shape index (κ3) is 4.82. The first-order valence-corrected chi connectivity index (χ1v) is 12.3. The molecule has 1 aliphatic rings.